The summed E-state index contributed by atoms with van der Waals surface area (Å²) >= 11 is 0. The molecule has 0 spiro atoms. The van der Waals surface area contributed by atoms with Gasteiger partial charge in [0.05, 0.1) is 32.2 Å². The Bertz CT molecular complexity index is 732. The van der Waals surface area contributed by atoms with Gasteiger partial charge in [-0.05, 0) is 6.07 Å². The zero-order chi connectivity index (χ0) is 14.9. The van der Waals surface area contributed by atoms with Crippen molar-refractivity contribution < 1.29 is 19.0 Å². The van der Waals surface area contributed by atoms with Crippen LogP contribution in [0, 0.1) is 0 Å². The number of pyridine rings is 1. The van der Waals surface area contributed by atoms with Crippen molar-refractivity contribution in [2.24, 2.45) is 7.05 Å². The number of hydrogen-bond donors (Lipinski definition) is 0. The lowest BCUT2D eigenvalue weighted by molar-refractivity contribution is 0.0598. The zero-order valence-corrected chi connectivity index (χ0v) is 11.7. The molecule has 0 atom stereocenters. The van der Waals surface area contributed by atoms with Crippen LogP contribution in [0.2, 0.25) is 0 Å². The van der Waals surface area contributed by atoms with Gasteiger partial charge in [0.15, 0.2) is 11.5 Å². The third kappa shape index (κ3) is 2.09. The van der Waals surface area contributed by atoms with E-state index in [0.29, 0.717) is 22.4 Å². The van der Waals surface area contributed by atoms with Crippen molar-refractivity contribution >= 4 is 16.9 Å². The summed E-state index contributed by atoms with van der Waals surface area (Å²) in [7, 11) is 5.98. The van der Waals surface area contributed by atoms with Crippen LogP contribution < -0.4 is 14.9 Å². The molecule has 0 aliphatic rings. The number of carbonyl (C=O) groups is 1. The van der Waals surface area contributed by atoms with E-state index in [4.69, 9.17) is 9.47 Å². The summed E-state index contributed by atoms with van der Waals surface area (Å²) in [5.74, 6) is 0.280. The molecule has 1 aromatic carbocycles. The molecule has 0 saturated heterocycles. The monoisotopic (exact) mass is 277 g/mol. The van der Waals surface area contributed by atoms with Crippen LogP contribution in [0.15, 0.2) is 23.1 Å². The molecular weight excluding hydrogens is 262 g/mol. The third-order valence-corrected chi connectivity index (χ3v) is 3.10. The fraction of sp³-hybridized carbons (Fsp3) is 0.286. The number of carbonyl (C=O) groups excluding carboxylic acids is 1. The smallest absolute Gasteiger partial charge is 0.343 e. The second kappa shape index (κ2) is 5.24. The first-order valence-corrected chi connectivity index (χ1v) is 5.87. The van der Waals surface area contributed by atoms with Crippen LogP contribution in [-0.4, -0.2) is 31.9 Å². The first-order chi connectivity index (χ1) is 9.53. The molecule has 2 rings (SSSR count). The van der Waals surface area contributed by atoms with Crippen LogP contribution >= 0.6 is 0 Å². The largest absolute Gasteiger partial charge is 0.493 e. The standard InChI is InChI=1S/C14H15NO5/c1-15-7-9(14(17)20-4)13(16)8-5-11(18-2)12(19-3)6-10(8)15/h5-7H,1-4H3. The molecule has 0 fully saturated rings. The number of hydrogen-bond acceptors (Lipinski definition) is 5. The normalized spacial score (nSPS) is 10.4. The molecule has 1 aromatic heterocycles. The average Bonchev–Trinajstić information content (AvgIpc) is 2.48. The van der Waals surface area contributed by atoms with Gasteiger partial charge in [-0.1, -0.05) is 0 Å². The maximum absolute atomic E-state index is 12.3. The van der Waals surface area contributed by atoms with Crippen molar-refractivity contribution in [3.8, 4) is 11.5 Å². The molecule has 2 aromatic rings. The second-order valence-corrected chi connectivity index (χ2v) is 4.20. The number of esters is 1. The molecule has 6 nitrogen and oxygen atoms in total. The molecule has 0 aliphatic heterocycles. The van der Waals surface area contributed by atoms with Crippen LogP contribution in [-0.2, 0) is 11.8 Å². The summed E-state index contributed by atoms with van der Waals surface area (Å²) in [6, 6.07) is 3.25. The SMILES string of the molecule is COC(=O)c1cn(C)c2cc(OC)c(OC)cc2c1=O. The number of benzene rings is 1. The molecule has 106 valence electrons. The number of aryl methyl sites for hydroxylation is 1. The van der Waals surface area contributed by atoms with Gasteiger partial charge in [-0.15, -0.1) is 0 Å². The Kier molecular flexibility index (Phi) is 3.65. The maximum Gasteiger partial charge on any atom is 0.343 e. The summed E-state index contributed by atoms with van der Waals surface area (Å²) in [6.07, 6.45) is 1.45. The number of methoxy groups -OCH3 is 3. The Balaban J connectivity index is 2.86. The Hall–Kier alpha value is -2.50. The highest BCUT2D eigenvalue weighted by Gasteiger charge is 2.17. The predicted octanol–water partition coefficient (Wildman–Crippen LogP) is 1.34. The fourth-order valence-corrected chi connectivity index (χ4v) is 2.06. The van der Waals surface area contributed by atoms with E-state index in [9.17, 15) is 9.59 Å². The summed E-state index contributed by atoms with van der Waals surface area (Å²) in [5, 5.41) is 0.369. The first-order valence-electron chi connectivity index (χ1n) is 5.87. The van der Waals surface area contributed by atoms with Crippen LogP contribution in [0.25, 0.3) is 10.9 Å². The van der Waals surface area contributed by atoms with Gasteiger partial charge < -0.3 is 18.8 Å². The Morgan fingerprint density at radius 1 is 1.10 bits per heavy atom. The first kappa shape index (κ1) is 13.9. The number of rotatable bonds is 3. The van der Waals surface area contributed by atoms with E-state index in [2.05, 4.69) is 4.74 Å². The molecule has 6 heteroatoms. The third-order valence-electron chi connectivity index (χ3n) is 3.10. The minimum absolute atomic E-state index is 0.0188. The van der Waals surface area contributed by atoms with E-state index in [1.807, 2.05) is 0 Å². The van der Waals surface area contributed by atoms with E-state index in [0.717, 1.165) is 0 Å². The second-order valence-electron chi connectivity index (χ2n) is 4.20. The van der Waals surface area contributed by atoms with Crippen LogP contribution in [0.4, 0.5) is 0 Å². The Labute approximate surface area is 115 Å². The van der Waals surface area contributed by atoms with Crippen LogP contribution in [0.1, 0.15) is 10.4 Å². The minimum Gasteiger partial charge on any atom is -0.493 e. The summed E-state index contributed by atoms with van der Waals surface area (Å²) in [6.45, 7) is 0. The van der Waals surface area contributed by atoms with Gasteiger partial charge >= 0.3 is 5.97 Å². The van der Waals surface area contributed by atoms with E-state index in [1.165, 1.54) is 27.5 Å². The molecule has 0 bridgehead atoms. The highest BCUT2D eigenvalue weighted by atomic mass is 16.5. The van der Waals surface area contributed by atoms with Gasteiger partial charge in [0, 0.05) is 19.3 Å². The molecule has 0 aliphatic carbocycles. The molecule has 0 radical (unpaired) electrons. The molecular formula is C14H15NO5. The van der Waals surface area contributed by atoms with E-state index in [1.54, 1.807) is 23.7 Å². The lowest BCUT2D eigenvalue weighted by Crippen LogP contribution is -2.19. The molecule has 1 heterocycles. The molecule has 0 amide bonds. The highest BCUT2D eigenvalue weighted by molar-refractivity contribution is 5.94. The zero-order valence-electron chi connectivity index (χ0n) is 11.7. The van der Waals surface area contributed by atoms with Crippen molar-refractivity contribution in [3.05, 3.63) is 34.1 Å². The van der Waals surface area contributed by atoms with Crippen LogP contribution in [0.3, 0.4) is 0 Å². The van der Waals surface area contributed by atoms with Gasteiger partial charge in [-0.2, -0.15) is 0 Å². The summed E-state index contributed by atoms with van der Waals surface area (Å²) in [4.78, 5) is 24.0. The molecule has 0 saturated carbocycles. The van der Waals surface area contributed by atoms with Gasteiger partial charge in [0.2, 0.25) is 5.43 Å². The fourth-order valence-electron chi connectivity index (χ4n) is 2.06. The van der Waals surface area contributed by atoms with Crippen molar-refractivity contribution in [2.45, 2.75) is 0 Å². The topological polar surface area (TPSA) is 66.8 Å². The van der Waals surface area contributed by atoms with Crippen molar-refractivity contribution in [1.29, 1.82) is 0 Å². The van der Waals surface area contributed by atoms with Crippen molar-refractivity contribution in [2.75, 3.05) is 21.3 Å². The van der Waals surface area contributed by atoms with E-state index in [-0.39, 0.29) is 5.56 Å². The van der Waals surface area contributed by atoms with Crippen LogP contribution in [0.5, 0.6) is 11.5 Å². The van der Waals surface area contributed by atoms with E-state index < -0.39 is 11.4 Å². The molecule has 0 unspecified atom stereocenters. The number of ether oxygens (including phenoxy) is 3. The summed E-state index contributed by atoms with van der Waals surface area (Å²) in [5.41, 5.74) is 0.223. The van der Waals surface area contributed by atoms with E-state index >= 15 is 0 Å². The summed E-state index contributed by atoms with van der Waals surface area (Å²) < 4.78 is 16.7. The lowest BCUT2D eigenvalue weighted by Gasteiger charge is -2.12. The number of aromatic nitrogens is 1. The van der Waals surface area contributed by atoms with Gasteiger partial charge in [0.25, 0.3) is 0 Å². The minimum atomic E-state index is -0.665. The Morgan fingerprint density at radius 3 is 2.25 bits per heavy atom. The molecule has 0 N–H and O–H groups in total. The quantitative estimate of drug-likeness (QED) is 0.792. The average molecular weight is 277 g/mol. The Morgan fingerprint density at radius 2 is 1.70 bits per heavy atom. The predicted molar refractivity (Wildman–Crippen MR) is 73.6 cm³/mol. The highest BCUT2D eigenvalue weighted by Crippen LogP contribution is 2.30. The van der Waals surface area contributed by atoms with Gasteiger partial charge in [0.1, 0.15) is 5.56 Å². The van der Waals surface area contributed by atoms with Crippen molar-refractivity contribution in [3.63, 3.8) is 0 Å². The van der Waals surface area contributed by atoms with Gasteiger partial charge in [-0.3, -0.25) is 4.79 Å². The molecule has 20 heavy (non-hydrogen) atoms. The number of fused-ring (bicyclic) bond motifs is 1. The van der Waals surface area contributed by atoms with Crippen molar-refractivity contribution in [1.82, 2.24) is 4.57 Å². The number of nitrogens with zero attached hydrogens (tertiary/aromatic N) is 1. The lowest BCUT2D eigenvalue weighted by atomic mass is 10.1. The van der Waals surface area contributed by atoms with Gasteiger partial charge in [-0.25, -0.2) is 4.79 Å². The maximum atomic E-state index is 12.3.